The van der Waals surface area contributed by atoms with E-state index in [1.54, 1.807) is 7.05 Å². The van der Waals surface area contributed by atoms with Crippen LogP contribution < -0.4 is 5.32 Å². The zero-order valence-electron chi connectivity index (χ0n) is 11.4. The molecule has 20 heavy (non-hydrogen) atoms. The van der Waals surface area contributed by atoms with Crippen LogP contribution in [0.15, 0.2) is 4.52 Å². The van der Waals surface area contributed by atoms with Crippen molar-refractivity contribution in [3.05, 3.63) is 11.7 Å². The smallest absolute Gasteiger partial charge is 0.330 e. The molecule has 0 aliphatic carbocycles. The number of hydrogen-bond donors (Lipinski definition) is 1. The summed E-state index contributed by atoms with van der Waals surface area (Å²) in [6.45, 7) is 1.96. The van der Waals surface area contributed by atoms with Crippen LogP contribution in [0.5, 0.6) is 0 Å². The van der Waals surface area contributed by atoms with Gasteiger partial charge in [0.15, 0.2) is 5.82 Å². The zero-order chi connectivity index (χ0) is 15.3. The Morgan fingerprint density at radius 2 is 2.00 bits per heavy atom. The number of nitrogens with zero attached hydrogens (tertiary/aromatic N) is 2. The van der Waals surface area contributed by atoms with Gasteiger partial charge in [-0.25, -0.2) is 8.78 Å². The van der Waals surface area contributed by atoms with E-state index in [1.807, 2.05) is 13.8 Å². The number of hydrogen-bond acceptors (Lipinski definition) is 5. The van der Waals surface area contributed by atoms with Crippen LogP contribution in [0.3, 0.4) is 0 Å². The molecule has 0 amide bonds. The number of nitrogens with one attached hydrogen (secondary N) is 1. The van der Waals surface area contributed by atoms with Crippen molar-refractivity contribution >= 4 is 0 Å². The second-order valence-electron chi connectivity index (χ2n) is 4.47. The molecule has 5 nitrogen and oxygen atoms in total. The van der Waals surface area contributed by atoms with Crippen LogP contribution >= 0.6 is 0 Å². The van der Waals surface area contributed by atoms with Crippen molar-refractivity contribution in [2.75, 3.05) is 13.7 Å². The van der Waals surface area contributed by atoms with Gasteiger partial charge >= 0.3 is 12.3 Å². The van der Waals surface area contributed by atoms with E-state index in [-0.39, 0.29) is 17.8 Å². The molecular weight excluding hydrogens is 282 g/mol. The minimum Gasteiger partial charge on any atom is -0.367 e. The Labute approximate surface area is 113 Å². The highest BCUT2D eigenvalue weighted by atomic mass is 19.3. The molecule has 0 bridgehead atoms. The summed E-state index contributed by atoms with van der Waals surface area (Å²) in [5.41, 5.74) is 0. The van der Waals surface area contributed by atoms with Gasteiger partial charge in [-0.15, -0.1) is 0 Å². The second kappa shape index (κ2) is 6.98. The molecule has 2 atom stereocenters. The monoisotopic (exact) mass is 299 g/mol. The molecule has 1 aromatic rings. The summed E-state index contributed by atoms with van der Waals surface area (Å²) in [5.74, 6) is -3.89. The third-order valence-corrected chi connectivity index (χ3v) is 2.92. The van der Waals surface area contributed by atoms with Gasteiger partial charge in [0.2, 0.25) is 5.89 Å². The number of halogens is 4. The molecule has 1 N–H and O–H groups in total. The first-order valence-electron chi connectivity index (χ1n) is 6.01. The molecule has 0 aliphatic heterocycles. The Balaban J connectivity index is 2.49. The van der Waals surface area contributed by atoms with Gasteiger partial charge in [0.25, 0.3) is 0 Å². The number of ether oxygens (including phenoxy) is 1. The normalized spacial score (nSPS) is 15.6. The number of aromatic nitrogens is 2. The zero-order valence-corrected chi connectivity index (χ0v) is 11.4. The van der Waals surface area contributed by atoms with Crippen LogP contribution in [-0.2, 0) is 11.3 Å². The van der Waals surface area contributed by atoms with E-state index in [0.29, 0.717) is 5.89 Å². The summed E-state index contributed by atoms with van der Waals surface area (Å²) >= 11 is 0. The molecular formula is C11H17F4N3O2. The van der Waals surface area contributed by atoms with Crippen LogP contribution in [0.4, 0.5) is 17.6 Å². The standard InChI is InChI=1S/C11H17F4N3O2/c1-6(7(2)16-3)9-17-8(18-20-9)4-19-5-11(14,15)10(12)13/h6-7,10,16H,4-5H2,1-3H3. The lowest BCUT2D eigenvalue weighted by Gasteiger charge is -2.14. The minimum atomic E-state index is -4.18. The molecule has 116 valence electrons. The van der Waals surface area contributed by atoms with Crippen molar-refractivity contribution in [1.82, 2.24) is 15.5 Å². The lowest BCUT2D eigenvalue weighted by atomic mass is 10.0. The van der Waals surface area contributed by atoms with E-state index in [2.05, 4.69) is 20.2 Å². The van der Waals surface area contributed by atoms with Gasteiger partial charge in [-0.2, -0.15) is 13.8 Å². The number of rotatable bonds is 8. The highest BCUT2D eigenvalue weighted by Gasteiger charge is 2.41. The van der Waals surface area contributed by atoms with E-state index in [4.69, 9.17) is 4.52 Å². The Morgan fingerprint density at radius 1 is 1.35 bits per heavy atom. The van der Waals surface area contributed by atoms with Crippen molar-refractivity contribution in [3.8, 4) is 0 Å². The Hall–Kier alpha value is -1.22. The summed E-state index contributed by atoms with van der Waals surface area (Å²) in [4.78, 5) is 3.97. The lowest BCUT2D eigenvalue weighted by Crippen LogP contribution is -2.32. The predicted octanol–water partition coefficient (Wildman–Crippen LogP) is 2.20. The van der Waals surface area contributed by atoms with Crippen LogP contribution in [0.2, 0.25) is 0 Å². The Bertz CT molecular complexity index is 414. The maximum absolute atomic E-state index is 12.6. The van der Waals surface area contributed by atoms with Crippen molar-refractivity contribution < 1.29 is 26.8 Å². The lowest BCUT2D eigenvalue weighted by molar-refractivity contribution is -0.168. The summed E-state index contributed by atoms with van der Waals surface area (Å²) in [5, 5.41) is 6.55. The quantitative estimate of drug-likeness (QED) is 0.746. The van der Waals surface area contributed by atoms with Crippen LogP contribution in [0.1, 0.15) is 31.5 Å². The molecule has 1 aromatic heterocycles. The van der Waals surface area contributed by atoms with Crippen molar-refractivity contribution in [2.45, 2.75) is 44.8 Å². The van der Waals surface area contributed by atoms with E-state index >= 15 is 0 Å². The van der Waals surface area contributed by atoms with Gasteiger partial charge in [-0.05, 0) is 14.0 Å². The first kappa shape index (κ1) is 16.8. The van der Waals surface area contributed by atoms with Crippen LogP contribution in [0.25, 0.3) is 0 Å². The largest absolute Gasteiger partial charge is 0.367 e. The molecule has 1 heterocycles. The Kier molecular flexibility index (Phi) is 5.88. The molecule has 0 aliphatic rings. The van der Waals surface area contributed by atoms with Gasteiger partial charge in [-0.1, -0.05) is 12.1 Å². The number of likely N-dealkylation sites (N-methyl/N-ethyl adjacent to an activating group) is 1. The minimum absolute atomic E-state index is 0.0419. The van der Waals surface area contributed by atoms with E-state index in [0.717, 1.165) is 0 Å². The molecule has 0 radical (unpaired) electrons. The molecule has 0 saturated carbocycles. The van der Waals surface area contributed by atoms with Crippen LogP contribution in [-0.4, -0.2) is 42.2 Å². The van der Waals surface area contributed by atoms with Gasteiger partial charge in [0, 0.05) is 6.04 Å². The molecule has 2 unspecified atom stereocenters. The number of alkyl halides is 4. The maximum atomic E-state index is 12.6. The molecule has 0 fully saturated rings. The first-order chi connectivity index (χ1) is 9.27. The Morgan fingerprint density at radius 3 is 2.55 bits per heavy atom. The summed E-state index contributed by atoms with van der Waals surface area (Å²) in [6, 6.07) is 0.0763. The fourth-order valence-corrected chi connectivity index (χ4v) is 1.32. The summed E-state index contributed by atoms with van der Waals surface area (Å²) in [6.07, 6.45) is -3.76. The topological polar surface area (TPSA) is 60.2 Å². The first-order valence-corrected chi connectivity index (χ1v) is 6.01. The van der Waals surface area contributed by atoms with Gasteiger partial charge in [-0.3, -0.25) is 0 Å². The third kappa shape index (κ3) is 4.41. The highest BCUT2D eigenvalue weighted by Crippen LogP contribution is 2.23. The van der Waals surface area contributed by atoms with Crippen molar-refractivity contribution in [1.29, 1.82) is 0 Å². The van der Waals surface area contributed by atoms with Crippen molar-refractivity contribution in [3.63, 3.8) is 0 Å². The summed E-state index contributed by atoms with van der Waals surface area (Å²) in [7, 11) is 1.77. The fourth-order valence-electron chi connectivity index (χ4n) is 1.32. The van der Waals surface area contributed by atoms with E-state index in [9.17, 15) is 17.6 Å². The molecule has 9 heteroatoms. The van der Waals surface area contributed by atoms with Crippen molar-refractivity contribution in [2.24, 2.45) is 0 Å². The molecule has 0 saturated heterocycles. The predicted molar refractivity (Wildman–Crippen MR) is 61.8 cm³/mol. The summed E-state index contributed by atoms with van der Waals surface area (Å²) < 4.78 is 58.4. The maximum Gasteiger partial charge on any atom is 0.330 e. The second-order valence-corrected chi connectivity index (χ2v) is 4.47. The van der Waals surface area contributed by atoms with Crippen LogP contribution in [0, 0.1) is 0 Å². The van der Waals surface area contributed by atoms with Gasteiger partial charge in [0.1, 0.15) is 13.2 Å². The third-order valence-electron chi connectivity index (χ3n) is 2.92. The van der Waals surface area contributed by atoms with Gasteiger partial charge in [0.05, 0.1) is 5.92 Å². The van der Waals surface area contributed by atoms with E-state index in [1.165, 1.54) is 0 Å². The molecule has 1 rings (SSSR count). The van der Waals surface area contributed by atoms with E-state index < -0.39 is 25.6 Å². The average Bonchev–Trinajstić information content (AvgIpc) is 2.85. The molecule has 0 spiro atoms. The average molecular weight is 299 g/mol. The van der Waals surface area contributed by atoms with Gasteiger partial charge < -0.3 is 14.6 Å². The molecule has 0 aromatic carbocycles. The SMILES string of the molecule is CNC(C)C(C)c1nc(COCC(F)(F)C(F)F)no1. The fraction of sp³-hybridized carbons (Fsp3) is 0.818. The highest BCUT2D eigenvalue weighted by molar-refractivity contribution is 4.95.